The SMILES string of the molecule is O=C(Nc1ccc(Br)cc1C(=O)O)c1c[nH]c(=O)[nH]1. The highest BCUT2D eigenvalue weighted by Gasteiger charge is 2.15. The Labute approximate surface area is 114 Å². The molecule has 0 spiro atoms. The molecule has 0 atom stereocenters. The molecule has 1 aromatic carbocycles. The average molecular weight is 326 g/mol. The van der Waals surface area contributed by atoms with Crippen molar-refractivity contribution in [3.8, 4) is 0 Å². The van der Waals surface area contributed by atoms with Crippen molar-refractivity contribution in [1.82, 2.24) is 9.97 Å². The van der Waals surface area contributed by atoms with Gasteiger partial charge in [0.15, 0.2) is 0 Å². The van der Waals surface area contributed by atoms with E-state index < -0.39 is 17.6 Å². The number of nitrogens with one attached hydrogen (secondary N) is 3. The number of carboxylic acids is 1. The van der Waals surface area contributed by atoms with Gasteiger partial charge in [-0.1, -0.05) is 15.9 Å². The number of aromatic nitrogens is 2. The molecule has 1 heterocycles. The average Bonchev–Trinajstić information content (AvgIpc) is 2.78. The van der Waals surface area contributed by atoms with E-state index in [2.05, 4.69) is 31.2 Å². The molecular formula is C11H8BrN3O4. The van der Waals surface area contributed by atoms with Gasteiger partial charge in [0.1, 0.15) is 5.69 Å². The highest BCUT2D eigenvalue weighted by molar-refractivity contribution is 9.10. The van der Waals surface area contributed by atoms with Gasteiger partial charge in [0.25, 0.3) is 5.91 Å². The molecule has 0 unspecified atom stereocenters. The molecule has 2 rings (SSSR count). The second-order valence-corrected chi connectivity index (χ2v) is 4.52. The Kier molecular flexibility index (Phi) is 3.52. The topological polar surface area (TPSA) is 115 Å². The number of amides is 1. The molecule has 1 amide bonds. The number of aromatic carboxylic acids is 1. The third kappa shape index (κ3) is 2.91. The Morgan fingerprint density at radius 2 is 2.05 bits per heavy atom. The van der Waals surface area contributed by atoms with Crippen LogP contribution >= 0.6 is 15.9 Å². The second kappa shape index (κ2) is 5.11. The summed E-state index contributed by atoms with van der Waals surface area (Å²) in [4.78, 5) is 38.3. The molecule has 1 aromatic heterocycles. The van der Waals surface area contributed by atoms with Crippen LogP contribution in [0.2, 0.25) is 0 Å². The first-order valence-electron chi connectivity index (χ1n) is 5.09. The molecule has 0 fully saturated rings. The van der Waals surface area contributed by atoms with Gasteiger partial charge in [-0.2, -0.15) is 0 Å². The highest BCUT2D eigenvalue weighted by atomic mass is 79.9. The van der Waals surface area contributed by atoms with Gasteiger partial charge >= 0.3 is 11.7 Å². The van der Waals surface area contributed by atoms with Crippen molar-refractivity contribution >= 4 is 33.5 Å². The van der Waals surface area contributed by atoms with E-state index in [4.69, 9.17) is 5.11 Å². The number of carbonyl (C=O) groups excluding carboxylic acids is 1. The number of carboxylic acid groups (broad SMARTS) is 1. The summed E-state index contributed by atoms with van der Waals surface area (Å²) < 4.78 is 0.581. The summed E-state index contributed by atoms with van der Waals surface area (Å²) in [5, 5.41) is 11.5. The lowest BCUT2D eigenvalue weighted by molar-refractivity contribution is 0.0698. The summed E-state index contributed by atoms with van der Waals surface area (Å²) in [5.41, 5.74) is -0.410. The smallest absolute Gasteiger partial charge is 0.337 e. The van der Waals surface area contributed by atoms with E-state index in [9.17, 15) is 14.4 Å². The molecule has 0 radical (unpaired) electrons. The van der Waals surface area contributed by atoms with Crippen LogP contribution in [0.3, 0.4) is 0 Å². The van der Waals surface area contributed by atoms with Crippen molar-refractivity contribution in [2.75, 3.05) is 5.32 Å². The first kappa shape index (κ1) is 13.1. The van der Waals surface area contributed by atoms with Crippen molar-refractivity contribution in [3.63, 3.8) is 0 Å². The zero-order valence-electron chi connectivity index (χ0n) is 9.36. The van der Waals surface area contributed by atoms with Crippen LogP contribution in [0.1, 0.15) is 20.8 Å². The Hall–Kier alpha value is -2.35. The lowest BCUT2D eigenvalue weighted by Gasteiger charge is -2.07. The van der Waals surface area contributed by atoms with Crippen molar-refractivity contribution in [3.05, 3.63) is 50.6 Å². The normalized spacial score (nSPS) is 10.2. The number of H-pyrrole nitrogens is 2. The van der Waals surface area contributed by atoms with Crippen LogP contribution in [0.5, 0.6) is 0 Å². The Morgan fingerprint density at radius 1 is 1.32 bits per heavy atom. The van der Waals surface area contributed by atoms with Gasteiger partial charge in [0.2, 0.25) is 0 Å². The van der Waals surface area contributed by atoms with Gasteiger partial charge in [0, 0.05) is 10.7 Å². The van der Waals surface area contributed by atoms with Crippen molar-refractivity contribution in [2.24, 2.45) is 0 Å². The number of rotatable bonds is 3. The lowest BCUT2D eigenvalue weighted by Crippen LogP contribution is -2.16. The molecule has 8 heteroatoms. The maximum absolute atomic E-state index is 11.8. The standard InChI is InChI=1S/C11H8BrN3O4/c12-5-1-2-7(6(3-5)10(17)18)14-9(16)8-4-13-11(19)15-8/h1-4H,(H,14,16)(H,17,18)(H2,13,15,19). The fraction of sp³-hybridized carbons (Fsp3) is 0. The number of anilines is 1. The van der Waals surface area contributed by atoms with Crippen molar-refractivity contribution < 1.29 is 14.7 Å². The van der Waals surface area contributed by atoms with Gasteiger partial charge in [-0.15, -0.1) is 0 Å². The molecule has 0 aliphatic rings. The quantitative estimate of drug-likeness (QED) is 0.683. The van der Waals surface area contributed by atoms with Crippen LogP contribution in [-0.2, 0) is 0 Å². The monoisotopic (exact) mass is 325 g/mol. The Morgan fingerprint density at radius 3 is 2.63 bits per heavy atom. The molecule has 0 aliphatic heterocycles. The second-order valence-electron chi connectivity index (χ2n) is 3.61. The molecule has 2 aromatic rings. The molecule has 0 bridgehead atoms. The minimum Gasteiger partial charge on any atom is -0.478 e. The fourth-order valence-electron chi connectivity index (χ4n) is 1.45. The minimum atomic E-state index is -1.17. The van der Waals surface area contributed by atoms with E-state index in [-0.39, 0.29) is 16.9 Å². The third-order valence-electron chi connectivity index (χ3n) is 2.30. The fourth-order valence-corrected chi connectivity index (χ4v) is 1.81. The molecule has 0 saturated heterocycles. The zero-order valence-corrected chi connectivity index (χ0v) is 10.9. The van der Waals surface area contributed by atoms with E-state index in [0.717, 1.165) is 0 Å². The zero-order chi connectivity index (χ0) is 14.0. The van der Waals surface area contributed by atoms with Gasteiger partial charge in [-0.25, -0.2) is 9.59 Å². The summed E-state index contributed by atoms with van der Waals surface area (Å²) in [7, 11) is 0. The predicted octanol–water partition coefficient (Wildman–Crippen LogP) is 1.42. The molecule has 0 saturated carbocycles. The van der Waals surface area contributed by atoms with E-state index in [1.807, 2.05) is 0 Å². The Balaban J connectivity index is 2.31. The molecule has 7 nitrogen and oxygen atoms in total. The van der Waals surface area contributed by atoms with E-state index in [0.29, 0.717) is 4.47 Å². The van der Waals surface area contributed by atoms with Crippen LogP contribution in [0.25, 0.3) is 0 Å². The number of hydrogen-bond acceptors (Lipinski definition) is 3. The maximum atomic E-state index is 11.8. The van der Waals surface area contributed by atoms with Crippen LogP contribution in [0.15, 0.2) is 33.7 Å². The lowest BCUT2D eigenvalue weighted by atomic mass is 10.2. The number of carbonyl (C=O) groups is 2. The predicted molar refractivity (Wildman–Crippen MR) is 70.5 cm³/mol. The van der Waals surface area contributed by atoms with Gasteiger partial charge in [-0.3, -0.25) is 4.79 Å². The number of benzene rings is 1. The van der Waals surface area contributed by atoms with Gasteiger partial charge in [0.05, 0.1) is 11.3 Å². The van der Waals surface area contributed by atoms with Crippen molar-refractivity contribution in [2.45, 2.75) is 0 Å². The number of hydrogen-bond donors (Lipinski definition) is 4. The van der Waals surface area contributed by atoms with Crippen LogP contribution < -0.4 is 11.0 Å². The van der Waals surface area contributed by atoms with E-state index >= 15 is 0 Å². The summed E-state index contributed by atoms with van der Waals surface area (Å²) in [6.07, 6.45) is 1.21. The number of imidazole rings is 1. The van der Waals surface area contributed by atoms with E-state index in [1.54, 1.807) is 6.07 Å². The third-order valence-corrected chi connectivity index (χ3v) is 2.79. The molecular weight excluding hydrogens is 318 g/mol. The minimum absolute atomic E-state index is 0.0178. The molecule has 4 N–H and O–H groups in total. The van der Waals surface area contributed by atoms with Crippen LogP contribution in [0, 0.1) is 0 Å². The molecule has 19 heavy (non-hydrogen) atoms. The first-order chi connectivity index (χ1) is 8.97. The number of halogens is 1. The summed E-state index contributed by atoms with van der Waals surface area (Å²) in [6, 6.07) is 4.43. The van der Waals surface area contributed by atoms with Crippen LogP contribution in [0.4, 0.5) is 5.69 Å². The summed E-state index contributed by atoms with van der Waals surface area (Å²) in [6.45, 7) is 0. The molecule has 0 aliphatic carbocycles. The largest absolute Gasteiger partial charge is 0.478 e. The molecule has 98 valence electrons. The van der Waals surface area contributed by atoms with Crippen molar-refractivity contribution in [1.29, 1.82) is 0 Å². The van der Waals surface area contributed by atoms with E-state index in [1.165, 1.54) is 18.3 Å². The summed E-state index contributed by atoms with van der Waals surface area (Å²) in [5.74, 6) is -1.78. The van der Waals surface area contributed by atoms with Crippen LogP contribution in [-0.4, -0.2) is 27.0 Å². The van der Waals surface area contributed by atoms with Gasteiger partial charge in [-0.05, 0) is 18.2 Å². The first-order valence-corrected chi connectivity index (χ1v) is 5.88. The maximum Gasteiger partial charge on any atom is 0.337 e. The van der Waals surface area contributed by atoms with Gasteiger partial charge < -0.3 is 20.4 Å². The number of aromatic amines is 2. The Bertz CT molecular complexity index is 704. The summed E-state index contributed by atoms with van der Waals surface area (Å²) >= 11 is 3.15. The highest BCUT2D eigenvalue weighted by Crippen LogP contribution is 2.21.